The molecule has 0 saturated carbocycles. The van der Waals surface area contributed by atoms with Crippen molar-refractivity contribution in [1.82, 2.24) is 0 Å². The molecule has 5 nitrogen and oxygen atoms in total. The molecule has 1 rings (SSSR count). The number of halogens is 1. The number of nitro benzene ring substituents is 1. The van der Waals surface area contributed by atoms with Crippen LogP contribution in [0.2, 0.25) is 0 Å². The number of hydrogen-bond acceptors (Lipinski definition) is 3. The van der Waals surface area contributed by atoms with Crippen LogP contribution in [0.25, 0.3) is 0 Å². The Morgan fingerprint density at radius 2 is 2.20 bits per heavy atom. The van der Waals surface area contributed by atoms with Gasteiger partial charge in [-0.2, -0.15) is 0 Å². The van der Waals surface area contributed by atoms with E-state index >= 15 is 0 Å². The van der Waals surface area contributed by atoms with Crippen molar-refractivity contribution in [3.63, 3.8) is 0 Å². The summed E-state index contributed by atoms with van der Waals surface area (Å²) >= 11 is 3.16. The van der Waals surface area contributed by atoms with Gasteiger partial charge in [-0.25, -0.2) is 0 Å². The van der Waals surface area contributed by atoms with Gasteiger partial charge in [-0.05, 0) is 28.4 Å². The van der Waals surface area contributed by atoms with E-state index in [1.807, 2.05) is 0 Å². The van der Waals surface area contributed by atoms with Crippen LogP contribution < -0.4 is 0 Å². The number of carboxylic acid groups (broad SMARTS) is 1. The van der Waals surface area contributed by atoms with E-state index < -0.39 is 10.9 Å². The minimum Gasteiger partial charge on any atom is -0.481 e. The van der Waals surface area contributed by atoms with Crippen molar-refractivity contribution in [2.75, 3.05) is 0 Å². The molecular formula is C9H8BrNO4. The van der Waals surface area contributed by atoms with Crippen LogP contribution in [0.5, 0.6) is 0 Å². The minimum atomic E-state index is -0.969. The smallest absolute Gasteiger partial charge is 0.307 e. The number of nitro groups is 1. The Hall–Kier alpha value is -1.43. The van der Waals surface area contributed by atoms with Crippen LogP contribution in [0.1, 0.15) is 11.1 Å². The van der Waals surface area contributed by atoms with Crippen molar-refractivity contribution >= 4 is 27.6 Å². The predicted molar refractivity (Wildman–Crippen MR) is 56.9 cm³/mol. The Labute approximate surface area is 94.0 Å². The summed E-state index contributed by atoms with van der Waals surface area (Å²) in [6, 6.07) is 2.77. The lowest BCUT2D eigenvalue weighted by Crippen LogP contribution is -2.02. The maximum atomic E-state index is 10.6. The molecule has 1 aromatic rings. The molecular weight excluding hydrogens is 266 g/mol. The number of benzene rings is 1. The van der Waals surface area contributed by atoms with E-state index in [2.05, 4.69) is 15.9 Å². The van der Waals surface area contributed by atoms with Gasteiger partial charge in [-0.1, -0.05) is 6.07 Å². The van der Waals surface area contributed by atoms with E-state index in [4.69, 9.17) is 5.11 Å². The number of carboxylic acids is 1. The van der Waals surface area contributed by atoms with Crippen LogP contribution in [0, 0.1) is 17.0 Å². The fourth-order valence-electron chi connectivity index (χ4n) is 1.23. The molecule has 0 heterocycles. The topological polar surface area (TPSA) is 80.4 Å². The van der Waals surface area contributed by atoms with Gasteiger partial charge in [0.05, 0.1) is 11.3 Å². The molecule has 0 amide bonds. The van der Waals surface area contributed by atoms with E-state index in [0.29, 0.717) is 15.6 Å². The first kappa shape index (κ1) is 11.6. The molecule has 0 aliphatic carbocycles. The zero-order valence-corrected chi connectivity index (χ0v) is 9.44. The van der Waals surface area contributed by atoms with Gasteiger partial charge in [-0.15, -0.1) is 0 Å². The molecule has 1 N–H and O–H groups in total. The first-order valence-electron chi connectivity index (χ1n) is 4.07. The number of aliphatic carboxylic acids is 1. The predicted octanol–water partition coefficient (Wildman–Crippen LogP) is 2.29. The highest BCUT2D eigenvalue weighted by atomic mass is 79.9. The van der Waals surface area contributed by atoms with Gasteiger partial charge in [0.2, 0.25) is 0 Å². The molecule has 0 bridgehead atoms. The number of carbonyl (C=O) groups is 1. The largest absolute Gasteiger partial charge is 0.481 e. The molecule has 0 saturated heterocycles. The zero-order chi connectivity index (χ0) is 11.6. The van der Waals surface area contributed by atoms with E-state index in [1.165, 1.54) is 12.1 Å². The fourth-order valence-corrected chi connectivity index (χ4v) is 1.70. The zero-order valence-electron chi connectivity index (χ0n) is 7.86. The Morgan fingerprint density at radius 3 is 2.67 bits per heavy atom. The van der Waals surface area contributed by atoms with Gasteiger partial charge in [0.1, 0.15) is 0 Å². The Morgan fingerprint density at radius 1 is 1.60 bits per heavy atom. The first-order valence-corrected chi connectivity index (χ1v) is 4.87. The van der Waals surface area contributed by atoms with Crippen molar-refractivity contribution in [2.24, 2.45) is 0 Å². The molecule has 0 spiro atoms. The van der Waals surface area contributed by atoms with Gasteiger partial charge >= 0.3 is 5.97 Å². The van der Waals surface area contributed by atoms with Crippen LogP contribution in [0.4, 0.5) is 5.69 Å². The lowest BCUT2D eigenvalue weighted by Gasteiger charge is -2.05. The molecule has 0 fully saturated rings. The Kier molecular flexibility index (Phi) is 3.41. The maximum Gasteiger partial charge on any atom is 0.307 e. The Balaban J connectivity index is 3.21. The van der Waals surface area contributed by atoms with Gasteiger partial charge in [0.25, 0.3) is 5.69 Å². The molecule has 0 unspecified atom stereocenters. The highest BCUT2D eigenvalue weighted by molar-refractivity contribution is 9.10. The molecule has 15 heavy (non-hydrogen) atoms. The maximum absolute atomic E-state index is 10.6. The molecule has 80 valence electrons. The summed E-state index contributed by atoms with van der Waals surface area (Å²) in [5.74, 6) is -0.969. The van der Waals surface area contributed by atoms with Crippen molar-refractivity contribution in [3.05, 3.63) is 37.8 Å². The second-order valence-corrected chi connectivity index (χ2v) is 3.80. The van der Waals surface area contributed by atoms with Crippen molar-refractivity contribution in [3.8, 4) is 0 Å². The molecule has 0 aliphatic heterocycles. The van der Waals surface area contributed by atoms with Gasteiger partial charge < -0.3 is 5.11 Å². The summed E-state index contributed by atoms with van der Waals surface area (Å²) in [6.07, 6.45) is -0.153. The molecule has 0 atom stereocenters. The van der Waals surface area contributed by atoms with Gasteiger partial charge in [0.15, 0.2) is 0 Å². The van der Waals surface area contributed by atoms with Crippen LogP contribution in [0.3, 0.4) is 0 Å². The van der Waals surface area contributed by atoms with Crippen LogP contribution >= 0.6 is 15.9 Å². The van der Waals surface area contributed by atoms with Crippen molar-refractivity contribution in [1.29, 1.82) is 0 Å². The van der Waals surface area contributed by atoms with Crippen LogP contribution in [-0.4, -0.2) is 16.0 Å². The van der Waals surface area contributed by atoms with Gasteiger partial charge in [-0.3, -0.25) is 14.9 Å². The molecule has 0 aromatic heterocycles. The summed E-state index contributed by atoms with van der Waals surface area (Å²) in [6.45, 7) is 1.58. The summed E-state index contributed by atoms with van der Waals surface area (Å²) in [4.78, 5) is 20.6. The standard InChI is InChI=1S/C9H8BrNO4/c1-5-7(11(14)15)3-2-6(9(5)10)4-8(12)13/h2-3H,4H2,1H3,(H,12,13). The second-order valence-electron chi connectivity index (χ2n) is 3.01. The average molecular weight is 274 g/mol. The van der Waals surface area contributed by atoms with E-state index in [9.17, 15) is 14.9 Å². The van der Waals surface area contributed by atoms with Crippen LogP contribution in [-0.2, 0) is 11.2 Å². The van der Waals surface area contributed by atoms with Crippen molar-refractivity contribution in [2.45, 2.75) is 13.3 Å². The third-order valence-electron chi connectivity index (χ3n) is 1.98. The summed E-state index contributed by atoms with van der Waals surface area (Å²) in [7, 11) is 0. The average Bonchev–Trinajstić information content (AvgIpc) is 2.12. The molecule has 0 radical (unpaired) electrons. The second kappa shape index (κ2) is 4.39. The molecule has 6 heteroatoms. The Bertz CT molecular complexity index is 430. The third kappa shape index (κ3) is 2.53. The summed E-state index contributed by atoms with van der Waals surface area (Å²) in [5.41, 5.74) is 0.959. The normalized spacial score (nSPS) is 10.0. The first-order chi connectivity index (χ1) is 6.93. The molecule has 1 aromatic carbocycles. The SMILES string of the molecule is Cc1c([N+](=O)[O-])ccc(CC(=O)O)c1Br. The quantitative estimate of drug-likeness (QED) is 0.677. The lowest BCUT2D eigenvalue weighted by atomic mass is 10.1. The minimum absolute atomic E-state index is 0.0176. The number of hydrogen-bond donors (Lipinski definition) is 1. The summed E-state index contributed by atoms with van der Waals surface area (Å²) < 4.78 is 0.485. The fraction of sp³-hybridized carbons (Fsp3) is 0.222. The van der Waals surface area contributed by atoms with E-state index in [1.54, 1.807) is 6.92 Å². The van der Waals surface area contributed by atoms with E-state index in [-0.39, 0.29) is 12.1 Å². The number of nitrogens with zero attached hydrogens (tertiary/aromatic N) is 1. The monoisotopic (exact) mass is 273 g/mol. The van der Waals surface area contributed by atoms with Gasteiger partial charge in [0, 0.05) is 16.1 Å². The van der Waals surface area contributed by atoms with E-state index in [0.717, 1.165) is 0 Å². The van der Waals surface area contributed by atoms with Crippen LogP contribution in [0.15, 0.2) is 16.6 Å². The lowest BCUT2D eigenvalue weighted by molar-refractivity contribution is -0.385. The molecule has 0 aliphatic rings. The number of rotatable bonds is 3. The summed E-state index contributed by atoms with van der Waals surface area (Å²) in [5, 5.41) is 19.2. The van der Waals surface area contributed by atoms with Crippen molar-refractivity contribution < 1.29 is 14.8 Å². The third-order valence-corrected chi connectivity index (χ3v) is 3.08. The highest BCUT2D eigenvalue weighted by Crippen LogP contribution is 2.29. The highest BCUT2D eigenvalue weighted by Gasteiger charge is 2.16.